The number of piperidine rings is 1. The molecule has 5 heterocycles. The van der Waals surface area contributed by atoms with Gasteiger partial charge in [0.05, 0.1) is 24.1 Å². The highest BCUT2D eigenvalue weighted by Gasteiger charge is 2.42. The number of carbonyl (C=O) groups is 2. The van der Waals surface area contributed by atoms with Gasteiger partial charge in [0.1, 0.15) is 10.3 Å². The van der Waals surface area contributed by atoms with Gasteiger partial charge in [-0.05, 0) is 55.5 Å². The molecule has 0 radical (unpaired) electrons. The lowest BCUT2D eigenvalue weighted by Gasteiger charge is -2.38. The summed E-state index contributed by atoms with van der Waals surface area (Å²) in [5, 5.41) is 0. The number of carbonyl (C=O) groups excluding carboxylic acids is 2. The van der Waals surface area contributed by atoms with Crippen LogP contribution in [0.15, 0.2) is 58.8 Å². The minimum Gasteiger partial charge on any atom is -0.379 e. The number of sulfonamides is 1. The molecule has 3 aromatic rings. The average molecular weight is 677 g/mol. The van der Waals surface area contributed by atoms with Crippen molar-refractivity contribution in [1.29, 1.82) is 0 Å². The third kappa shape index (κ3) is 7.06. The maximum Gasteiger partial charge on any atom is 0.253 e. The van der Waals surface area contributed by atoms with Crippen LogP contribution in [0.3, 0.4) is 0 Å². The SMILES string of the molecule is O=C1C(N(Cc2ccccc2)S(=O)(=O)c2ccc(-c3ccc(Cl)s3)s2)CCCN1CC(=O)N1CCCC1CN1CCOCC1. The Morgan fingerprint density at radius 3 is 2.41 bits per heavy atom. The number of halogens is 1. The number of nitrogens with zero attached hydrogens (tertiary/aromatic N) is 4. The van der Waals surface area contributed by atoms with Gasteiger partial charge >= 0.3 is 0 Å². The molecule has 0 saturated carbocycles. The first kappa shape index (κ1) is 31.7. The molecule has 3 aliphatic rings. The normalized spacial score (nSPS) is 21.8. The molecule has 0 N–H and O–H groups in total. The summed E-state index contributed by atoms with van der Waals surface area (Å²) in [5.74, 6) is -0.375. The Labute approximate surface area is 272 Å². The molecule has 3 aliphatic heterocycles. The molecule has 236 valence electrons. The predicted molar refractivity (Wildman–Crippen MR) is 173 cm³/mol. The fourth-order valence-corrected chi connectivity index (χ4v) is 10.5. The van der Waals surface area contributed by atoms with Gasteiger partial charge < -0.3 is 14.5 Å². The molecule has 2 amide bonds. The lowest BCUT2D eigenvalue weighted by Crippen LogP contribution is -2.56. The van der Waals surface area contributed by atoms with Crippen LogP contribution in [0.1, 0.15) is 31.2 Å². The van der Waals surface area contributed by atoms with E-state index >= 15 is 0 Å². The number of ether oxygens (including phenoxy) is 1. The standard InChI is InChI=1S/C31H37ClN4O5S3/c32-28-12-10-26(42-28)27-11-13-30(43-27)44(39,40)36(20-23-6-2-1-3-7-23)25-9-5-14-34(31(25)38)22-29(37)35-15-4-8-24(35)21-33-16-18-41-19-17-33/h1-3,6-7,10-13,24-25H,4-5,8-9,14-22H2. The molecular formula is C31H37ClN4O5S3. The Hall–Kier alpha value is -2.32. The van der Waals surface area contributed by atoms with Crippen LogP contribution in [0, 0.1) is 0 Å². The second-order valence-corrected chi connectivity index (χ2v) is 16.4. The van der Waals surface area contributed by atoms with Crippen LogP contribution in [0.5, 0.6) is 0 Å². The van der Waals surface area contributed by atoms with E-state index in [9.17, 15) is 18.0 Å². The van der Waals surface area contributed by atoms with E-state index in [0.29, 0.717) is 43.5 Å². The highest BCUT2D eigenvalue weighted by Crippen LogP contribution is 2.38. The van der Waals surface area contributed by atoms with Crippen LogP contribution in [0.25, 0.3) is 9.75 Å². The Balaban J connectivity index is 1.21. The van der Waals surface area contributed by atoms with Gasteiger partial charge in [0.25, 0.3) is 10.0 Å². The number of rotatable bonds is 10. The minimum absolute atomic E-state index is 0.0313. The van der Waals surface area contributed by atoms with Gasteiger partial charge in [0.2, 0.25) is 11.8 Å². The zero-order chi connectivity index (χ0) is 30.7. The number of benzene rings is 1. The van der Waals surface area contributed by atoms with Gasteiger partial charge in [-0.1, -0.05) is 41.9 Å². The summed E-state index contributed by atoms with van der Waals surface area (Å²) in [5.41, 5.74) is 0.793. The molecule has 0 spiro atoms. The van der Waals surface area contributed by atoms with Crippen molar-refractivity contribution in [3.8, 4) is 9.75 Å². The maximum atomic E-state index is 14.3. The summed E-state index contributed by atoms with van der Waals surface area (Å²) in [6, 6.07) is 15.6. The summed E-state index contributed by atoms with van der Waals surface area (Å²) in [6.07, 6.45) is 2.91. The molecular weight excluding hydrogens is 640 g/mol. The molecule has 9 nitrogen and oxygen atoms in total. The number of likely N-dealkylation sites (tertiary alicyclic amines) is 2. The van der Waals surface area contributed by atoms with Crippen LogP contribution in [0.4, 0.5) is 0 Å². The van der Waals surface area contributed by atoms with E-state index in [1.54, 1.807) is 23.1 Å². The topological polar surface area (TPSA) is 90.5 Å². The molecule has 44 heavy (non-hydrogen) atoms. The molecule has 2 unspecified atom stereocenters. The Morgan fingerprint density at radius 2 is 1.66 bits per heavy atom. The summed E-state index contributed by atoms with van der Waals surface area (Å²) in [7, 11) is -4.04. The zero-order valence-corrected chi connectivity index (χ0v) is 27.7. The monoisotopic (exact) mass is 676 g/mol. The third-order valence-corrected chi connectivity index (χ3v) is 13.4. The van der Waals surface area contributed by atoms with Crippen LogP contribution in [-0.2, 0) is 30.9 Å². The van der Waals surface area contributed by atoms with E-state index in [0.717, 1.165) is 47.8 Å². The molecule has 2 atom stereocenters. The number of hydrogen-bond acceptors (Lipinski definition) is 8. The Morgan fingerprint density at radius 1 is 0.932 bits per heavy atom. The van der Waals surface area contributed by atoms with Crippen molar-refractivity contribution in [2.24, 2.45) is 0 Å². The van der Waals surface area contributed by atoms with Crippen LogP contribution in [0.2, 0.25) is 4.34 Å². The highest BCUT2D eigenvalue weighted by molar-refractivity contribution is 7.91. The second kappa shape index (κ2) is 14.0. The highest BCUT2D eigenvalue weighted by atomic mass is 35.5. The largest absolute Gasteiger partial charge is 0.379 e. The quantitative estimate of drug-likeness (QED) is 0.311. The molecule has 3 fully saturated rings. The second-order valence-electron chi connectivity index (χ2n) is 11.5. The number of hydrogen-bond donors (Lipinski definition) is 0. The molecule has 13 heteroatoms. The van der Waals surface area contributed by atoms with E-state index in [1.165, 1.54) is 27.0 Å². The summed E-state index contributed by atoms with van der Waals surface area (Å²) in [4.78, 5) is 35.2. The smallest absolute Gasteiger partial charge is 0.253 e. The van der Waals surface area contributed by atoms with Gasteiger partial charge in [-0.15, -0.1) is 22.7 Å². The lowest BCUT2D eigenvalue weighted by atomic mass is 10.0. The van der Waals surface area contributed by atoms with Gasteiger partial charge in [0, 0.05) is 55.1 Å². The molecule has 1 aromatic carbocycles. The van der Waals surface area contributed by atoms with Gasteiger partial charge in [-0.2, -0.15) is 4.31 Å². The van der Waals surface area contributed by atoms with Crippen molar-refractivity contribution in [2.45, 2.75) is 48.5 Å². The number of amides is 2. The van der Waals surface area contributed by atoms with E-state index in [-0.39, 0.29) is 35.2 Å². The predicted octanol–water partition coefficient (Wildman–Crippen LogP) is 4.64. The molecule has 2 aromatic heterocycles. The first-order valence-corrected chi connectivity index (χ1v) is 18.5. The first-order valence-electron chi connectivity index (χ1n) is 15.1. The Bertz CT molecular complexity index is 1560. The van der Waals surface area contributed by atoms with Crippen molar-refractivity contribution in [3.05, 3.63) is 64.5 Å². The molecule has 3 saturated heterocycles. The zero-order valence-electron chi connectivity index (χ0n) is 24.5. The van der Waals surface area contributed by atoms with Gasteiger partial charge in [-0.25, -0.2) is 8.42 Å². The molecule has 0 bridgehead atoms. The average Bonchev–Trinajstić information content (AvgIpc) is 3.80. The third-order valence-electron chi connectivity index (χ3n) is 8.59. The van der Waals surface area contributed by atoms with Crippen molar-refractivity contribution in [1.82, 2.24) is 19.0 Å². The van der Waals surface area contributed by atoms with Crippen LogP contribution >= 0.6 is 34.3 Å². The van der Waals surface area contributed by atoms with Crippen LogP contribution < -0.4 is 0 Å². The van der Waals surface area contributed by atoms with E-state index in [1.807, 2.05) is 41.3 Å². The van der Waals surface area contributed by atoms with Crippen LogP contribution in [-0.4, -0.2) is 104 Å². The van der Waals surface area contributed by atoms with Gasteiger partial charge in [0.15, 0.2) is 0 Å². The van der Waals surface area contributed by atoms with Gasteiger partial charge in [-0.3, -0.25) is 14.5 Å². The Kier molecular flexibility index (Phi) is 10.1. The summed E-state index contributed by atoms with van der Waals surface area (Å²) in [6.45, 7) is 5.11. The fourth-order valence-electron chi connectivity index (χ4n) is 6.31. The van der Waals surface area contributed by atoms with Crippen molar-refractivity contribution < 1.29 is 22.7 Å². The summed E-state index contributed by atoms with van der Waals surface area (Å²) >= 11 is 8.70. The fraction of sp³-hybridized carbons (Fsp3) is 0.484. The van der Waals surface area contributed by atoms with E-state index in [2.05, 4.69) is 4.90 Å². The van der Waals surface area contributed by atoms with E-state index in [4.69, 9.17) is 16.3 Å². The number of morpholine rings is 1. The molecule has 0 aliphatic carbocycles. The van der Waals surface area contributed by atoms with Crippen molar-refractivity contribution in [3.63, 3.8) is 0 Å². The summed E-state index contributed by atoms with van der Waals surface area (Å²) < 4.78 is 36.1. The van der Waals surface area contributed by atoms with E-state index < -0.39 is 16.1 Å². The minimum atomic E-state index is -4.04. The molecule has 6 rings (SSSR count). The van der Waals surface area contributed by atoms with Crippen molar-refractivity contribution in [2.75, 3.05) is 52.5 Å². The maximum absolute atomic E-state index is 14.3. The number of thiophene rings is 2. The lowest BCUT2D eigenvalue weighted by molar-refractivity contribution is -0.145. The first-order chi connectivity index (χ1) is 21.3. The van der Waals surface area contributed by atoms with Crippen molar-refractivity contribution >= 4 is 56.1 Å².